The van der Waals surface area contributed by atoms with Crippen molar-refractivity contribution in [1.82, 2.24) is 10.2 Å². The molecule has 0 bridgehead atoms. The van der Waals surface area contributed by atoms with Crippen LogP contribution in [0.5, 0.6) is 0 Å². The van der Waals surface area contributed by atoms with Crippen LogP contribution in [0.15, 0.2) is 100 Å². The van der Waals surface area contributed by atoms with Crippen molar-refractivity contribution in [1.29, 1.82) is 0 Å². The molecule has 3 aliphatic heterocycles. The number of rotatable bonds is 3. The lowest BCUT2D eigenvalue weighted by Crippen LogP contribution is -2.40. The van der Waals surface area contributed by atoms with E-state index in [-0.39, 0.29) is 6.04 Å². The van der Waals surface area contributed by atoms with E-state index in [0.717, 1.165) is 62.0 Å². The number of thioether (sulfide) groups is 1. The minimum absolute atomic E-state index is 0.0921. The lowest BCUT2D eigenvalue weighted by molar-refractivity contribution is 0.462. The van der Waals surface area contributed by atoms with E-state index in [0.29, 0.717) is 5.02 Å². The fraction of sp³-hybridized carbons (Fsp3) is 0.107. The fourth-order valence-electron chi connectivity index (χ4n) is 4.73. The summed E-state index contributed by atoms with van der Waals surface area (Å²) in [6.07, 6.45) is 2.14. The number of hydrogen-bond acceptors (Lipinski definition) is 4. The first-order valence-corrected chi connectivity index (χ1v) is 13.3. The Kier molecular flexibility index (Phi) is 6.25. The molecule has 1 N–H and O–H groups in total. The Morgan fingerprint density at radius 2 is 1.63 bits per heavy atom. The Labute approximate surface area is 223 Å². The van der Waals surface area contributed by atoms with Crippen molar-refractivity contribution in [2.45, 2.75) is 6.04 Å². The number of fused-ring (bicyclic) bond motifs is 1. The molecule has 3 aromatic carbocycles. The number of nitrogens with one attached hydrogen (secondary N) is 1. The van der Waals surface area contributed by atoms with Crippen LogP contribution in [0.2, 0.25) is 15.1 Å². The lowest BCUT2D eigenvalue weighted by atomic mass is 9.88. The molecule has 0 radical (unpaired) electrons. The zero-order valence-electron chi connectivity index (χ0n) is 18.5. The largest absolute Gasteiger partial charge is 0.309 e. The summed E-state index contributed by atoms with van der Waals surface area (Å²) in [5.41, 5.74) is 7.52. The highest BCUT2D eigenvalue weighted by Gasteiger charge is 2.40. The van der Waals surface area contributed by atoms with Gasteiger partial charge >= 0.3 is 0 Å². The Hall–Kier alpha value is -2.47. The number of nitrogens with zero attached hydrogens (tertiary/aromatic N) is 2. The van der Waals surface area contributed by atoms with E-state index < -0.39 is 0 Å². The van der Waals surface area contributed by atoms with Gasteiger partial charge < -0.3 is 10.2 Å². The van der Waals surface area contributed by atoms with Crippen molar-refractivity contribution >= 4 is 63.5 Å². The standard InChI is InChI=1S/C28H20Cl3N3S/c29-20-11-9-17(10-12-20)25-16-35-28-33-26-19(13-18-5-1-3-7-23(18)30)14-32-15-22(26)27(34(25)28)21-6-2-4-8-24(21)31/h1-13,16,27,32H,14-15H2/b19-13+. The van der Waals surface area contributed by atoms with Gasteiger partial charge in [-0.2, -0.15) is 0 Å². The van der Waals surface area contributed by atoms with Gasteiger partial charge in [0.1, 0.15) is 0 Å². The molecule has 0 saturated heterocycles. The van der Waals surface area contributed by atoms with Crippen molar-refractivity contribution in [2.24, 2.45) is 4.99 Å². The topological polar surface area (TPSA) is 27.6 Å². The van der Waals surface area contributed by atoms with Gasteiger partial charge in [0, 0.05) is 33.6 Å². The number of hydrogen-bond donors (Lipinski definition) is 1. The summed E-state index contributed by atoms with van der Waals surface area (Å²) >= 11 is 21.1. The molecular weight excluding hydrogens is 517 g/mol. The SMILES string of the molecule is Clc1ccc(C2=CSC3=NC4=C(CNC/C4=C\c4ccccc4Cl)C(c4ccccc4Cl)N23)cc1. The van der Waals surface area contributed by atoms with E-state index in [1.54, 1.807) is 11.8 Å². The molecule has 0 aliphatic carbocycles. The van der Waals surface area contributed by atoms with Crippen molar-refractivity contribution in [2.75, 3.05) is 13.1 Å². The molecule has 0 spiro atoms. The second-order valence-corrected chi connectivity index (χ2v) is 10.6. The normalized spacial score (nSPS) is 20.5. The van der Waals surface area contributed by atoms with E-state index in [1.165, 1.54) is 5.57 Å². The molecule has 6 rings (SSSR count). The van der Waals surface area contributed by atoms with Crippen LogP contribution in [0.3, 0.4) is 0 Å². The molecule has 0 aromatic heterocycles. The maximum atomic E-state index is 6.80. The van der Waals surface area contributed by atoms with Crippen molar-refractivity contribution in [3.63, 3.8) is 0 Å². The molecule has 174 valence electrons. The maximum absolute atomic E-state index is 6.80. The molecule has 3 aromatic rings. The Bertz CT molecular complexity index is 1440. The van der Waals surface area contributed by atoms with Gasteiger partial charge in [0.15, 0.2) is 5.17 Å². The highest BCUT2D eigenvalue weighted by atomic mass is 35.5. The summed E-state index contributed by atoms with van der Waals surface area (Å²) in [5, 5.41) is 8.86. The molecule has 0 saturated carbocycles. The van der Waals surface area contributed by atoms with Crippen molar-refractivity contribution in [3.05, 3.63) is 127 Å². The van der Waals surface area contributed by atoms with Crippen LogP contribution < -0.4 is 5.32 Å². The summed E-state index contributed by atoms with van der Waals surface area (Å²) in [6, 6.07) is 23.8. The summed E-state index contributed by atoms with van der Waals surface area (Å²) in [7, 11) is 0. The van der Waals surface area contributed by atoms with Gasteiger partial charge in [0.2, 0.25) is 0 Å². The quantitative estimate of drug-likeness (QED) is 0.367. The number of benzene rings is 3. The first kappa shape index (κ1) is 23.0. The van der Waals surface area contributed by atoms with E-state index >= 15 is 0 Å². The first-order valence-electron chi connectivity index (χ1n) is 11.2. The molecule has 1 atom stereocenters. The third kappa shape index (κ3) is 4.24. The fourth-order valence-corrected chi connectivity index (χ4v) is 6.22. The maximum Gasteiger partial charge on any atom is 0.174 e. The van der Waals surface area contributed by atoms with E-state index in [4.69, 9.17) is 39.8 Å². The second-order valence-electron chi connectivity index (χ2n) is 8.48. The van der Waals surface area contributed by atoms with Gasteiger partial charge in [-0.15, -0.1) is 0 Å². The Morgan fingerprint density at radius 3 is 2.40 bits per heavy atom. The molecular formula is C28H20Cl3N3S. The summed E-state index contributed by atoms with van der Waals surface area (Å²) in [4.78, 5) is 7.48. The van der Waals surface area contributed by atoms with Gasteiger partial charge in [-0.25, -0.2) is 4.99 Å². The Morgan fingerprint density at radius 1 is 0.886 bits per heavy atom. The number of amidine groups is 1. The third-order valence-corrected chi connectivity index (χ3v) is 8.13. The first-order chi connectivity index (χ1) is 17.1. The smallest absolute Gasteiger partial charge is 0.174 e. The second kappa shape index (κ2) is 9.53. The average Bonchev–Trinajstić information content (AvgIpc) is 3.29. The van der Waals surface area contributed by atoms with Gasteiger partial charge in [-0.3, -0.25) is 0 Å². The summed E-state index contributed by atoms with van der Waals surface area (Å²) < 4.78 is 0. The van der Waals surface area contributed by atoms with Gasteiger partial charge in [0.05, 0.1) is 17.4 Å². The van der Waals surface area contributed by atoms with Gasteiger partial charge in [-0.05, 0) is 58.2 Å². The van der Waals surface area contributed by atoms with Crippen molar-refractivity contribution in [3.8, 4) is 0 Å². The van der Waals surface area contributed by atoms with Crippen LogP contribution in [0.4, 0.5) is 0 Å². The van der Waals surface area contributed by atoms with Gasteiger partial charge in [-0.1, -0.05) is 95.1 Å². The molecule has 0 amide bonds. The van der Waals surface area contributed by atoms with Crippen LogP contribution in [0, 0.1) is 0 Å². The molecule has 35 heavy (non-hydrogen) atoms. The van der Waals surface area contributed by atoms with E-state index in [9.17, 15) is 0 Å². The summed E-state index contributed by atoms with van der Waals surface area (Å²) in [5.74, 6) is 0. The molecule has 0 fully saturated rings. The van der Waals surface area contributed by atoms with Crippen LogP contribution in [0.1, 0.15) is 22.7 Å². The zero-order valence-corrected chi connectivity index (χ0v) is 21.6. The van der Waals surface area contributed by atoms with Crippen molar-refractivity contribution < 1.29 is 0 Å². The predicted molar refractivity (Wildman–Crippen MR) is 150 cm³/mol. The van der Waals surface area contributed by atoms with Crippen LogP contribution in [-0.2, 0) is 0 Å². The van der Waals surface area contributed by atoms with Gasteiger partial charge in [0.25, 0.3) is 0 Å². The van der Waals surface area contributed by atoms with Crippen LogP contribution in [-0.4, -0.2) is 23.2 Å². The van der Waals surface area contributed by atoms with Crippen LogP contribution in [0.25, 0.3) is 11.8 Å². The predicted octanol–water partition coefficient (Wildman–Crippen LogP) is 8.05. The number of halogens is 3. The molecule has 3 heterocycles. The monoisotopic (exact) mass is 535 g/mol. The third-order valence-electron chi connectivity index (χ3n) is 6.35. The molecule has 1 unspecified atom stereocenters. The average molecular weight is 537 g/mol. The van der Waals surface area contributed by atoms with E-state index in [1.807, 2.05) is 66.7 Å². The van der Waals surface area contributed by atoms with Crippen LogP contribution >= 0.6 is 46.6 Å². The zero-order chi connectivity index (χ0) is 23.9. The molecule has 7 heteroatoms. The lowest BCUT2D eigenvalue weighted by Gasteiger charge is -2.40. The summed E-state index contributed by atoms with van der Waals surface area (Å²) in [6.45, 7) is 1.44. The molecule has 3 nitrogen and oxygen atoms in total. The minimum Gasteiger partial charge on any atom is -0.309 e. The number of aliphatic imine (C=N–C) groups is 1. The minimum atomic E-state index is -0.0921. The highest BCUT2D eigenvalue weighted by molar-refractivity contribution is 8.16. The Balaban J connectivity index is 1.52. The molecule has 3 aliphatic rings. The highest BCUT2D eigenvalue weighted by Crippen LogP contribution is 2.49. The van der Waals surface area contributed by atoms with E-state index in [2.05, 4.69) is 27.8 Å².